The number of benzene rings is 1. The van der Waals surface area contributed by atoms with Crippen LogP contribution < -0.4 is 4.74 Å². The SMILES string of the molecule is C[C@@]1(COc2cnc(C(F)(F)F)cn2)CCCN1C(=O)c1nn2c(c1-c1ccccc1)COCC2. The highest BCUT2D eigenvalue weighted by molar-refractivity contribution is 6.00. The smallest absolute Gasteiger partial charge is 0.434 e. The zero-order valence-corrected chi connectivity index (χ0v) is 19.1. The Morgan fingerprint density at radius 1 is 1.17 bits per heavy atom. The average Bonchev–Trinajstić information content (AvgIpc) is 3.44. The highest BCUT2D eigenvalue weighted by Crippen LogP contribution is 2.36. The Morgan fingerprint density at radius 3 is 2.69 bits per heavy atom. The molecule has 0 unspecified atom stereocenters. The van der Waals surface area contributed by atoms with Gasteiger partial charge in [0.15, 0.2) is 11.4 Å². The summed E-state index contributed by atoms with van der Waals surface area (Å²) in [5.74, 6) is -0.244. The van der Waals surface area contributed by atoms with Crippen molar-refractivity contribution in [3.05, 3.63) is 59.8 Å². The number of likely N-dealkylation sites (tertiary alicyclic amines) is 1. The van der Waals surface area contributed by atoms with E-state index in [1.807, 2.05) is 41.9 Å². The third-order valence-electron chi connectivity index (χ3n) is 6.45. The molecule has 0 saturated carbocycles. The Balaban J connectivity index is 1.40. The molecule has 2 aliphatic heterocycles. The first-order valence-corrected chi connectivity index (χ1v) is 11.3. The van der Waals surface area contributed by atoms with Crippen LogP contribution in [0.2, 0.25) is 0 Å². The van der Waals surface area contributed by atoms with Crippen LogP contribution >= 0.6 is 0 Å². The Hall–Kier alpha value is -3.47. The van der Waals surface area contributed by atoms with Gasteiger partial charge in [-0.1, -0.05) is 30.3 Å². The van der Waals surface area contributed by atoms with Crippen LogP contribution in [-0.4, -0.2) is 55.9 Å². The van der Waals surface area contributed by atoms with Gasteiger partial charge in [-0.15, -0.1) is 0 Å². The van der Waals surface area contributed by atoms with E-state index in [1.165, 1.54) is 0 Å². The van der Waals surface area contributed by atoms with E-state index < -0.39 is 17.4 Å². The third-order valence-corrected chi connectivity index (χ3v) is 6.45. The Morgan fingerprint density at radius 2 is 1.97 bits per heavy atom. The lowest BCUT2D eigenvalue weighted by Gasteiger charge is -2.34. The van der Waals surface area contributed by atoms with Gasteiger partial charge in [0.2, 0.25) is 5.88 Å². The molecule has 2 aromatic heterocycles. The fraction of sp³-hybridized carbons (Fsp3) is 0.417. The van der Waals surface area contributed by atoms with E-state index in [4.69, 9.17) is 9.47 Å². The van der Waals surface area contributed by atoms with Crippen LogP contribution in [0.15, 0.2) is 42.7 Å². The molecule has 1 saturated heterocycles. The van der Waals surface area contributed by atoms with Gasteiger partial charge in [-0.25, -0.2) is 9.97 Å². The summed E-state index contributed by atoms with van der Waals surface area (Å²) in [5.41, 5.74) is 1.10. The van der Waals surface area contributed by atoms with Crippen molar-refractivity contribution in [2.75, 3.05) is 19.8 Å². The fourth-order valence-corrected chi connectivity index (χ4v) is 4.62. The van der Waals surface area contributed by atoms with Crippen LogP contribution in [0, 0.1) is 0 Å². The van der Waals surface area contributed by atoms with Crippen LogP contribution in [0.5, 0.6) is 5.88 Å². The van der Waals surface area contributed by atoms with Crippen molar-refractivity contribution >= 4 is 5.91 Å². The molecule has 0 spiro atoms. The molecule has 1 amide bonds. The molecule has 1 atom stereocenters. The van der Waals surface area contributed by atoms with Crippen molar-refractivity contribution in [2.24, 2.45) is 0 Å². The first-order valence-electron chi connectivity index (χ1n) is 11.3. The predicted molar refractivity (Wildman–Crippen MR) is 119 cm³/mol. The molecule has 0 N–H and O–H groups in total. The maximum Gasteiger partial charge on any atom is 0.434 e. The third kappa shape index (κ3) is 4.47. The number of halogens is 3. The molecule has 184 valence electrons. The number of hydrogen-bond acceptors (Lipinski definition) is 6. The Kier molecular flexibility index (Phi) is 5.96. The van der Waals surface area contributed by atoms with Gasteiger partial charge < -0.3 is 14.4 Å². The molecule has 0 radical (unpaired) electrons. The largest absolute Gasteiger partial charge is 0.474 e. The zero-order chi connectivity index (χ0) is 24.6. The van der Waals surface area contributed by atoms with E-state index in [9.17, 15) is 18.0 Å². The number of carbonyl (C=O) groups excluding carboxylic acids is 1. The number of aromatic nitrogens is 4. The fourth-order valence-electron chi connectivity index (χ4n) is 4.62. The minimum atomic E-state index is -4.57. The summed E-state index contributed by atoms with van der Waals surface area (Å²) >= 11 is 0. The lowest BCUT2D eigenvalue weighted by Crippen LogP contribution is -2.49. The molecule has 35 heavy (non-hydrogen) atoms. The number of ether oxygens (including phenoxy) is 2. The van der Waals surface area contributed by atoms with Crippen LogP contribution in [-0.2, 0) is 24.1 Å². The lowest BCUT2D eigenvalue weighted by atomic mass is 9.98. The van der Waals surface area contributed by atoms with Gasteiger partial charge in [0.05, 0.1) is 43.4 Å². The van der Waals surface area contributed by atoms with Crippen LogP contribution in [0.3, 0.4) is 0 Å². The molecule has 5 rings (SSSR count). The van der Waals surface area contributed by atoms with Gasteiger partial charge in [0, 0.05) is 12.1 Å². The minimum Gasteiger partial charge on any atom is -0.474 e. The van der Waals surface area contributed by atoms with Gasteiger partial charge in [-0.2, -0.15) is 18.3 Å². The molecular weight excluding hydrogens is 463 g/mol. The number of amides is 1. The topological polar surface area (TPSA) is 82.4 Å². The van der Waals surface area contributed by atoms with E-state index in [-0.39, 0.29) is 18.4 Å². The summed E-state index contributed by atoms with van der Waals surface area (Å²) < 4.78 is 51.4. The standard InChI is InChI=1S/C24H24F3N5O3/c1-23(15-35-19-13-28-18(12-29-19)24(25,26)27)8-5-9-31(23)22(33)21-20(16-6-3-2-4-7-16)17-14-34-11-10-32(17)30-21/h2-4,6-7,12-13H,5,8-11,14-15H2,1H3/t23-/m0/s1. The second kappa shape index (κ2) is 8.95. The van der Waals surface area contributed by atoms with E-state index in [2.05, 4.69) is 15.1 Å². The predicted octanol–water partition coefficient (Wildman–Crippen LogP) is 3.96. The number of carbonyl (C=O) groups is 1. The molecule has 1 fully saturated rings. The van der Waals surface area contributed by atoms with Gasteiger partial charge >= 0.3 is 6.18 Å². The number of hydrogen-bond donors (Lipinski definition) is 0. The van der Waals surface area contributed by atoms with E-state index in [1.54, 1.807) is 4.90 Å². The normalized spacial score (nSPS) is 20.1. The maximum absolute atomic E-state index is 13.8. The van der Waals surface area contributed by atoms with Crippen LogP contribution in [0.4, 0.5) is 13.2 Å². The highest BCUT2D eigenvalue weighted by atomic mass is 19.4. The van der Waals surface area contributed by atoms with E-state index >= 15 is 0 Å². The first kappa shape index (κ1) is 23.3. The van der Waals surface area contributed by atoms with E-state index in [0.29, 0.717) is 44.6 Å². The highest BCUT2D eigenvalue weighted by Gasteiger charge is 2.43. The second-order valence-electron chi connectivity index (χ2n) is 8.90. The van der Waals surface area contributed by atoms with Gasteiger partial charge in [0.25, 0.3) is 5.91 Å². The quantitative estimate of drug-likeness (QED) is 0.542. The lowest BCUT2D eigenvalue weighted by molar-refractivity contribution is -0.141. The van der Waals surface area contributed by atoms with Crippen LogP contribution in [0.1, 0.15) is 41.6 Å². The molecule has 4 heterocycles. The molecule has 1 aromatic carbocycles. The minimum absolute atomic E-state index is 0.0295. The van der Waals surface area contributed by atoms with Gasteiger partial charge in [0.1, 0.15) is 6.61 Å². The van der Waals surface area contributed by atoms with Gasteiger partial charge in [-0.3, -0.25) is 9.48 Å². The molecular formula is C24H24F3N5O3. The number of rotatable bonds is 5. The van der Waals surface area contributed by atoms with Gasteiger partial charge in [-0.05, 0) is 25.3 Å². The van der Waals surface area contributed by atoms with Crippen molar-refractivity contribution in [2.45, 2.75) is 44.6 Å². The van der Waals surface area contributed by atoms with Crippen molar-refractivity contribution in [3.63, 3.8) is 0 Å². The van der Waals surface area contributed by atoms with Crippen LogP contribution in [0.25, 0.3) is 11.1 Å². The monoisotopic (exact) mass is 487 g/mol. The molecule has 11 heteroatoms. The Bertz CT molecular complexity index is 1210. The summed E-state index contributed by atoms with van der Waals surface area (Å²) in [6, 6.07) is 9.63. The second-order valence-corrected chi connectivity index (χ2v) is 8.90. The maximum atomic E-state index is 13.8. The summed E-state index contributed by atoms with van der Waals surface area (Å²) in [4.78, 5) is 22.7. The zero-order valence-electron chi connectivity index (χ0n) is 19.1. The molecule has 3 aromatic rings. The summed E-state index contributed by atoms with van der Waals surface area (Å²) in [6.45, 7) is 3.95. The first-order chi connectivity index (χ1) is 16.8. The number of alkyl halides is 3. The molecule has 2 aliphatic rings. The summed E-state index contributed by atoms with van der Waals surface area (Å²) in [5, 5.41) is 4.66. The molecule has 0 bridgehead atoms. The van der Waals surface area contributed by atoms with Crippen molar-refractivity contribution in [1.82, 2.24) is 24.6 Å². The average molecular weight is 487 g/mol. The van der Waals surface area contributed by atoms with E-state index in [0.717, 1.165) is 29.4 Å². The summed E-state index contributed by atoms with van der Waals surface area (Å²) in [6.07, 6.45) is -1.55. The summed E-state index contributed by atoms with van der Waals surface area (Å²) in [7, 11) is 0. The van der Waals surface area contributed by atoms with Crippen molar-refractivity contribution < 1.29 is 27.4 Å². The number of nitrogens with zero attached hydrogens (tertiary/aromatic N) is 5. The van der Waals surface area contributed by atoms with Crippen molar-refractivity contribution in [1.29, 1.82) is 0 Å². The Labute approximate surface area is 199 Å². The molecule has 8 nitrogen and oxygen atoms in total. The van der Waals surface area contributed by atoms with Crippen molar-refractivity contribution in [3.8, 4) is 17.0 Å². The number of fused-ring (bicyclic) bond motifs is 1. The molecule has 0 aliphatic carbocycles.